The van der Waals surface area contributed by atoms with Gasteiger partial charge in [0.15, 0.2) is 0 Å². The van der Waals surface area contributed by atoms with E-state index in [1.54, 1.807) is 20.8 Å². The van der Waals surface area contributed by atoms with Crippen molar-refractivity contribution in [2.24, 2.45) is 5.92 Å². The first-order chi connectivity index (χ1) is 19.5. The van der Waals surface area contributed by atoms with E-state index in [0.29, 0.717) is 25.8 Å². The molecule has 0 radical (unpaired) electrons. The Morgan fingerprint density at radius 3 is 2.34 bits per heavy atom. The van der Waals surface area contributed by atoms with Gasteiger partial charge in [-0.15, -0.1) is 0 Å². The van der Waals surface area contributed by atoms with Gasteiger partial charge in [-0.25, -0.2) is 5.43 Å². The van der Waals surface area contributed by atoms with E-state index in [4.69, 9.17) is 9.47 Å². The number of hydrogen-bond acceptors (Lipinski definition) is 7. The van der Waals surface area contributed by atoms with Crippen molar-refractivity contribution < 1.29 is 28.7 Å². The molecule has 3 rings (SSSR count). The van der Waals surface area contributed by atoms with Gasteiger partial charge in [-0.2, -0.15) is 0 Å². The average molecular weight is 567 g/mol. The highest BCUT2D eigenvalue weighted by Crippen LogP contribution is 2.27. The monoisotopic (exact) mass is 566 g/mol. The van der Waals surface area contributed by atoms with E-state index in [2.05, 4.69) is 16.1 Å². The molecule has 0 bridgehead atoms. The summed E-state index contributed by atoms with van der Waals surface area (Å²) in [5, 5.41) is 6.49. The molecule has 4 atom stereocenters. The summed E-state index contributed by atoms with van der Waals surface area (Å²) in [6.45, 7) is 11.3. The van der Waals surface area contributed by atoms with Gasteiger partial charge in [0.05, 0.1) is 6.10 Å². The standard InChI is InChI=1S/C31H42N4O6/c1-19(2)28(32-18-36)29(37)33-21(5)30(38)35-16-8-11-27(34-35)31(39)41-22(6)24-9-7-10-25(17-24)23-12-14-26(15-13-23)40-20(3)4/h7,9-10,12-15,17-22,27-28,34H,8,11,16H2,1-6H3,(H,32,36)(H,33,37)/t21?,22-,27?,28?/m1/s1. The Morgan fingerprint density at radius 2 is 1.71 bits per heavy atom. The van der Waals surface area contributed by atoms with Crippen LogP contribution in [0.25, 0.3) is 11.1 Å². The molecule has 222 valence electrons. The molecule has 3 N–H and O–H groups in total. The van der Waals surface area contributed by atoms with Gasteiger partial charge in [-0.05, 0) is 81.3 Å². The predicted molar refractivity (Wildman–Crippen MR) is 155 cm³/mol. The molecule has 41 heavy (non-hydrogen) atoms. The number of rotatable bonds is 12. The Kier molecular flexibility index (Phi) is 11.3. The zero-order chi connectivity index (χ0) is 30.1. The van der Waals surface area contributed by atoms with E-state index in [0.717, 1.165) is 22.4 Å². The lowest BCUT2D eigenvalue weighted by molar-refractivity contribution is -0.157. The van der Waals surface area contributed by atoms with Gasteiger partial charge >= 0.3 is 5.97 Å². The molecular formula is C31H42N4O6. The van der Waals surface area contributed by atoms with Crippen molar-refractivity contribution in [3.63, 3.8) is 0 Å². The van der Waals surface area contributed by atoms with Crippen molar-refractivity contribution in [3.05, 3.63) is 54.1 Å². The van der Waals surface area contributed by atoms with Crippen LogP contribution in [0.3, 0.4) is 0 Å². The van der Waals surface area contributed by atoms with Crippen molar-refractivity contribution in [2.45, 2.75) is 84.7 Å². The lowest BCUT2D eigenvalue weighted by atomic mass is 10.0. The first-order valence-corrected chi connectivity index (χ1v) is 14.1. The molecule has 2 aromatic carbocycles. The second-order valence-electron chi connectivity index (χ2n) is 10.9. The zero-order valence-corrected chi connectivity index (χ0v) is 24.7. The molecule has 10 nitrogen and oxygen atoms in total. The molecule has 3 unspecified atom stereocenters. The van der Waals surface area contributed by atoms with Gasteiger partial charge in [-0.1, -0.05) is 44.2 Å². The van der Waals surface area contributed by atoms with E-state index in [9.17, 15) is 19.2 Å². The maximum Gasteiger partial charge on any atom is 0.325 e. The van der Waals surface area contributed by atoms with E-state index in [1.165, 1.54) is 5.01 Å². The minimum atomic E-state index is -0.855. The topological polar surface area (TPSA) is 126 Å². The Labute approximate surface area is 242 Å². The molecule has 1 aliphatic heterocycles. The summed E-state index contributed by atoms with van der Waals surface area (Å²) in [6.07, 6.45) is 1.18. The maximum absolute atomic E-state index is 13.1. The predicted octanol–water partition coefficient (Wildman–Crippen LogP) is 3.52. The number of nitrogens with one attached hydrogen (secondary N) is 3. The lowest BCUT2D eigenvalue weighted by Gasteiger charge is -2.35. The fourth-order valence-electron chi connectivity index (χ4n) is 4.65. The molecule has 10 heteroatoms. The zero-order valence-electron chi connectivity index (χ0n) is 24.7. The van der Waals surface area contributed by atoms with Crippen molar-refractivity contribution in [1.29, 1.82) is 0 Å². The normalized spacial score (nSPS) is 17.4. The van der Waals surface area contributed by atoms with Crippen molar-refractivity contribution in [2.75, 3.05) is 6.54 Å². The first kappa shape index (κ1) is 31.6. The summed E-state index contributed by atoms with van der Waals surface area (Å²) in [4.78, 5) is 49.5. The number of benzene rings is 2. The molecule has 1 aliphatic rings. The molecule has 3 amide bonds. The number of esters is 1. The fraction of sp³-hybridized carbons (Fsp3) is 0.484. The second kappa shape index (κ2) is 14.6. The van der Waals surface area contributed by atoms with E-state index in [1.807, 2.05) is 69.3 Å². The molecule has 1 saturated heterocycles. The number of hydrogen-bond donors (Lipinski definition) is 3. The highest BCUT2D eigenvalue weighted by atomic mass is 16.5. The number of ether oxygens (including phenoxy) is 2. The van der Waals surface area contributed by atoms with Gasteiger partial charge in [0.25, 0.3) is 5.91 Å². The van der Waals surface area contributed by atoms with E-state index >= 15 is 0 Å². The number of nitrogens with zero attached hydrogens (tertiary/aromatic N) is 1. The van der Waals surface area contributed by atoms with E-state index < -0.39 is 36.1 Å². The van der Waals surface area contributed by atoms with E-state index in [-0.39, 0.29) is 17.9 Å². The fourth-order valence-corrected chi connectivity index (χ4v) is 4.65. The van der Waals surface area contributed by atoms with Crippen LogP contribution < -0.4 is 20.8 Å². The van der Waals surface area contributed by atoms with Crippen molar-refractivity contribution in [1.82, 2.24) is 21.1 Å². The van der Waals surface area contributed by atoms with Gasteiger partial charge in [-0.3, -0.25) is 24.2 Å². The Morgan fingerprint density at radius 1 is 1.00 bits per heavy atom. The SMILES string of the molecule is CC(C)Oc1ccc(-c2cccc([C@@H](C)OC(=O)C3CCCN(C(=O)C(C)NC(=O)C(NC=O)C(C)C)N3)c2)cc1. The summed E-state index contributed by atoms with van der Waals surface area (Å²) in [5.41, 5.74) is 5.83. The lowest BCUT2D eigenvalue weighted by Crippen LogP contribution is -2.60. The van der Waals surface area contributed by atoms with Crippen molar-refractivity contribution in [3.8, 4) is 16.9 Å². The second-order valence-corrected chi connectivity index (χ2v) is 10.9. The van der Waals surface area contributed by atoms with Crippen LogP contribution in [-0.4, -0.2) is 60.0 Å². The van der Waals surface area contributed by atoms with Gasteiger partial charge in [0.2, 0.25) is 12.3 Å². The van der Waals surface area contributed by atoms with Crippen LogP contribution >= 0.6 is 0 Å². The Bertz CT molecular complexity index is 1200. The molecule has 0 spiro atoms. The summed E-state index contributed by atoms with van der Waals surface area (Å²) in [7, 11) is 0. The quantitative estimate of drug-likeness (QED) is 0.265. The van der Waals surface area contributed by atoms with Crippen LogP contribution in [0.2, 0.25) is 0 Å². The molecule has 0 saturated carbocycles. The first-order valence-electron chi connectivity index (χ1n) is 14.1. The largest absolute Gasteiger partial charge is 0.491 e. The van der Waals surface area contributed by atoms with Crippen LogP contribution in [0.5, 0.6) is 5.75 Å². The average Bonchev–Trinajstić information content (AvgIpc) is 2.95. The third kappa shape index (κ3) is 8.78. The summed E-state index contributed by atoms with van der Waals surface area (Å²) in [5.74, 6) is -0.627. The molecular weight excluding hydrogens is 524 g/mol. The van der Waals surface area contributed by atoms with Gasteiger partial charge in [0.1, 0.15) is 30.0 Å². The van der Waals surface area contributed by atoms with Crippen molar-refractivity contribution >= 4 is 24.2 Å². The Balaban J connectivity index is 1.59. The smallest absolute Gasteiger partial charge is 0.325 e. The third-order valence-electron chi connectivity index (χ3n) is 6.87. The highest BCUT2D eigenvalue weighted by Gasteiger charge is 2.33. The number of carbonyl (C=O) groups excluding carboxylic acids is 4. The molecule has 0 aliphatic carbocycles. The number of carbonyl (C=O) groups is 4. The molecule has 1 fully saturated rings. The minimum absolute atomic E-state index is 0.0992. The van der Waals surface area contributed by atoms with Crippen LogP contribution in [0.15, 0.2) is 48.5 Å². The summed E-state index contributed by atoms with van der Waals surface area (Å²) < 4.78 is 11.5. The maximum atomic E-state index is 13.1. The van der Waals surface area contributed by atoms with Gasteiger partial charge < -0.3 is 20.1 Å². The molecule has 0 aromatic heterocycles. The number of amides is 3. The number of hydrazine groups is 1. The van der Waals surface area contributed by atoms with Crippen LogP contribution in [-0.2, 0) is 23.9 Å². The summed E-state index contributed by atoms with van der Waals surface area (Å²) >= 11 is 0. The van der Waals surface area contributed by atoms with Crippen LogP contribution in [0.1, 0.15) is 66.1 Å². The van der Waals surface area contributed by atoms with Crippen LogP contribution in [0, 0.1) is 5.92 Å². The molecule has 2 aromatic rings. The third-order valence-corrected chi connectivity index (χ3v) is 6.87. The highest BCUT2D eigenvalue weighted by molar-refractivity contribution is 5.90. The minimum Gasteiger partial charge on any atom is -0.491 e. The summed E-state index contributed by atoms with van der Waals surface area (Å²) in [6, 6.07) is 13.4. The Hall–Kier alpha value is -3.92. The molecule has 1 heterocycles. The van der Waals surface area contributed by atoms with Crippen LogP contribution in [0.4, 0.5) is 0 Å². The van der Waals surface area contributed by atoms with Gasteiger partial charge in [0, 0.05) is 6.54 Å².